The van der Waals surface area contributed by atoms with E-state index in [1.54, 1.807) is 16.7 Å². The Balaban J connectivity index is 2.11. The zero-order chi connectivity index (χ0) is 21.6. The van der Waals surface area contributed by atoms with E-state index in [2.05, 4.69) is 11.1 Å². The zero-order valence-electron chi connectivity index (χ0n) is 17.6. The minimum absolute atomic E-state index is 0.344. The monoisotopic (exact) mass is 404 g/mol. The number of carbonyl (C=O) groups is 2. The Morgan fingerprint density at radius 3 is 2.47 bits per heavy atom. The van der Waals surface area contributed by atoms with Gasteiger partial charge in [-0.1, -0.05) is 24.3 Å². The molecule has 6 nitrogen and oxygen atoms in total. The van der Waals surface area contributed by atoms with Crippen molar-refractivity contribution < 1.29 is 19.1 Å². The van der Waals surface area contributed by atoms with Crippen molar-refractivity contribution in [2.75, 3.05) is 7.11 Å². The molecule has 154 valence electrons. The molecule has 4 rings (SSSR count). The summed E-state index contributed by atoms with van der Waals surface area (Å²) in [7, 11) is 1.34. The number of carbonyl (C=O) groups excluding carboxylic acids is 2. The van der Waals surface area contributed by atoms with Crippen LogP contribution >= 0.6 is 0 Å². The first-order valence-corrected chi connectivity index (χ1v) is 9.73. The van der Waals surface area contributed by atoms with Gasteiger partial charge >= 0.3 is 11.9 Å². The van der Waals surface area contributed by atoms with Crippen molar-refractivity contribution in [1.29, 1.82) is 0 Å². The van der Waals surface area contributed by atoms with Crippen molar-refractivity contribution in [1.82, 2.24) is 8.97 Å². The second kappa shape index (κ2) is 7.06. The predicted octanol–water partition coefficient (Wildman–Crippen LogP) is 4.98. The van der Waals surface area contributed by atoms with Crippen LogP contribution in [-0.2, 0) is 16.0 Å². The number of ether oxygens (including phenoxy) is 2. The van der Waals surface area contributed by atoms with Crippen LogP contribution in [0.15, 0.2) is 55.3 Å². The van der Waals surface area contributed by atoms with Gasteiger partial charge in [-0.3, -0.25) is 0 Å². The molecule has 0 aliphatic carbocycles. The van der Waals surface area contributed by atoms with Gasteiger partial charge in [0.1, 0.15) is 11.3 Å². The fourth-order valence-corrected chi connectivity index (χ4v) is 3.83. The average molecular weight is 404 g/mol. The van der Waals surface area contributed by atoms with E-state index in [0.29, 0.717) is 17.8 Å². The second-order valence-electron chi connectivity index (χ2n) is 8.19. The Bertz CT molecular complexity index is 1320. The minimum atomic E-state index is -0.622. The number of pyridine rings is 1. The molecule has 4 aromatic rings. The highest BCUT2D eigenvalue weighted by molar-refractivity contribution is 6.15. The Morgan fingerprint density at radius 2 is 1.80 bits per heavy atom. The maximum atomic E-state index is 12.7. The molecular formula is C24H24N2O4. The topological polar surface area (TPSA) is 61.9 Å². The predicted molar refractivity (Wildman–Crippen MR) is 117 cm³/mol. The lowest BCUT2D eigenvalue weighted by molar-refractivity contribution is 0.00693. The lowest BCUT2D eigenvalue weighted by Gasteiger charge is -2.18. The summed E-state index contributed by atoms with van der Waals surface area (Å²) in [4.78, 5) is 25.3. The molecule has 0 N–H and O–H groups in total. The van der Waals surface area contributed by atoms with Gasteiger partial charge < -0.3 is 18.4 Å². The largest absolute Gasteiger partial charge is 0.464 e. The number of para-hydroxylation sites is 1. The summed E-state index contributed by atoms with van der Waals surface area (Å²) in [5.41, 5.74) is 2.76. The third-order valence-electron chi connectivity index (χ3n) is 4.95. The van der Waals surface area contributed by atoms with Gasteiger partial charge in [-0.2, -0.15) is 0 Å². The van der Waals surface area contributed by atoms with E-state index < -0.39 is 17.5 Å². The number of rotatable bonds is 4. The van der Waals surface area contributed by atoms with E-state index in [4.69, 9.17) is 9.47 Å². The highest BCUT2D eigenvalue weighted by Crippen LogP contribution is 2.34. The van der Waals surface area contributed by atoms with E-state index >= 15 is 0 Å². The summed E-state index contributed by atoms with van der Waals surface area (Å²) in [5, 5.41) is 1.93. The molecule has 3 aromatic heterocycles. The molecular weight excluding hydrogens is 380 g/mol. The average Bonchev–Trinajstić information content (AvgIpc) is 3.26. The van der Waals surface area contributed by atoms with Crippen LogP contribution in [0, 0.1) is 0 Å². The molecule has 0 unspecified atom stereocenters. The van der Waals surface area contributed by atoms with Crippen LogP contribution in [0.4, 0.5) is 0 Å². The number of benzene rings is 1. The standard InChI is InChI=1S/C24H24N2O4/c1-6-11-25-18-10-8-7-9-16(18)17-13-20(23(28)29-5)26-14-15(12-19(26)21(17)25)22(27)30-24(2,3)4/h6-10,12-14H,1,11H2,2-5H3. The van der Waals surface area contributed by atoms with Crippen molar-refractivity contribution in [2.24, 2.45) is 0 Å². The van der Waals surface area contributed by atoms with Gasteiger partial charge in [-0.25, -0.2) is 9.59 Å². The quantitative estimate of drug-likeness (QED) is 0.356. The Kier molecular flexibility index (Phi) is 4.65. The number of esters is 2. The number of hydrogen-bond acceptors (Lipinski definition) is 4. The van der Waals surface area contributed by atoms with Gasteiger partial charge in [0, 0.05) is 29.0 Å². The first-order chi connectivity index (χ1) is 14.2. The van der Waals surface area contributed by atoms with Gasteiger partial charge in [0.15, 0.2) is 0 Å². The molecule has 30 heavy (non-hydrogen) atoms. The molecule has 0 bridgehead atoms. The molecule has 0 saturated carbocycles. The number of allylic oxidation sites excluding steroid dienone is 1. The van der Waals surface area contributed by atoms with E-state index in [9.17, 15) is 9.59 Å². The third kappa shape index (κ3) is 3.14. The van der Waals surface area contributed by atoms with Gasteiger partial charge in [0.05, 0.1) is 23.7 Å². The normalized spacial score (nSPS) is 11.9. The molecule has 0 amide bonds. The lowest BCUT2D eigenvalue weighted by atomic mass is 10.1. The van der Waals surface area contributed by atoms with Crippen LogP contribution < -0.4 is 0 Å². The summed E-state index contributed by atoms with van der Waals surface area (Å²) >= 11 is 0. The molecule has 6 heteroatoms. The molecule has 0 aliphatic heterocycles. The zero-order valence-corrected chi connectivity index (χ0v) is 17.6. The summed E-state index contributed by atoms with van der Waals surface area (Å²) in [6.07, 6.45) is 3.46. The summed E-state index contributed by atoms with van der Waals surface area (Å²) < 4.78 is 14.4. The highest BCUT2D eigenvalue weighted by Gasteiger charge is 2.24. The summed E-state index contributed by atoms with van der Waals surface area (Å²) in [5.74, 6) is -0.921. The van der Waals surface area contributed by atoms with Crippen molar-refractivity contribution in [3.8, 4) is 0 Å². The highest BCUT2D eigenvalue weighted by atomic mass is 16.6. The SMILES string of the molecule is C=CCn1c2ccccc2c2cc(C(=O)OC)n3cc(C(=O)OC(C)(C)C)cc3c21. The molecule has 0 saturated heterocycles. The maximum absolute atomic E-state index is 12.7. The van der Waals surface area contributed by atoms with Crippen LogP contribution in [0.5, 0.6) is 0 Å². The minimum Gasteiger partial charge on any atom is -0.464 e. The Hall–Kier alpha value is -3.54. The van der Waals surface area contributed by atoms with E-state index in [1.807, 2.05) is 57.2 Å². The third-order valence-corrected chi connectivity index (χ3v) is 4.95. The number of hydrogen-bond donors (Lipinski definition) is 0. The molecule has 0 aliphatic rings. The van der Waals surface area contributed by atoms with Crippen LogP contribution in [0.3, 0.4) is 0 Å². The number of fused-ring (bicyclic) bond motifs is 5. The molecule has 0 fully saturated rings. The number of methoxy groups -OCH3 is 1. The molecule has 0 spiro atoms. The first kappa shape index (κ1) is 19.8. The van der Waals surface area contributed by atoms with Gasteiger partial charge in [-0.15, -0.1) is 6.58 Å². The van der Waals surface area contributed by atoms with Crippen LogP contribution in [-0.4, -0.2) is 33.6 Å². The summed E-state index contributed by atoms with van der Waals surface area (Å²) in [6.45, 7) is 9.93. The summed E-state index contributed by atoms with van der Waals surface area (Å²) in [6, 6.07) is 11.6. The molecule has 0 radical (unpaired) electrons. The van der Waals surface area contributed by atoms with Crippen molar-refractivity contribution >= 4 is 39.3 Å². The van der Waals surface area contributed by atoms with Crippen molar-refractivity contribution in [3.63, 3.8) is 0 Å². The molecule has 0 atom stereocenters. The Morgan fingerprint density at radius 1 is 1.07 bits per heavy atom. The van der Waals surface area contributed by atoms with Crippen molar-refractivity contribution in [3.05, 3.63) is 66.5 Å². The van der Waals surface area contributed by atoms with E-state index in [-0.39, 0.29) is 0 Å². The van der Waals surface area contributed by atoms with E-state index in [1.165, 1.54) is 7.11 Å². The van der Waals surface area contributed by atoms with Crippen molar-refractivity contribution in [2.45, 2.75) is 32.9 Å². The number of nitrogens with zero attached hydrogens (tertiary/aromatic N) is 2. The maximum Gasteiger partial charge on any atom is 0.355 e. The van der Waals surface area contributed by atoms with Crippen LogP contribution in [0.1, 0.15) is 41.6 Å². The smallest absolute Gasteiger partial charge is 0.355 e. The molecule has 1 aromatic carbocycles. The van der Waals surface area contributed by atoms with Gasteiger partial charge in [-0.05, 0) is 39.0 Å². The van der Waals surface area contributed by atoms with Gasteiger partial charge in [0.2, 0.25) is 0 Å². The molecule has 3 heterocycles. The van der Waals surface area contributed by atoms with Crippen LogP contribution in [0.2, 0.25) is 0 Å². The lowest BCUT2D eigenvalue weighted by Crippen LogP contribution is -2.23. The first-order valence-electron chi connectivity index (χ1n) is 9.73. The van der Waals surface area contributed by atoms with Gasteiger partial charge in [0.25, 0.3) is 0 Å². The Labute approximate surface area is 174 Å². The van der Waals surface area contributed by atoms with E-state index in [0.717, 1.165) is 27.3 Å². The van der Waals surface area contributed by atoms with Crippen LogP contribution in [0.25, 0.3) is 27.3 Å². The fraction of sp³-hybridized carbons (Fsp3) is 0.250. The number of aromatic nitrogens is 2. The second-order valence-corrected chi connectivity index (χ2v) is 8.19. The fourth-order valence-electron chi connectivity index (χ4n) is 3.83.